The zero-order valence-electron chi connectivity index (χ0n) is 23.4. The monoisotopic (exact) mass is 597 g/mol. The Morgan fingerprint density at radius 1 is 0.927 bits per heavy atom. The van der Waals surface area contributed by atoms with Crippen molar-refractivity contribution >= 4 is 35.0 Å². The predicted molar refractivity (Wildman–Crippen MR) is 162 cm³/mol. The molecule has 41 heavy (non-hydrogen) atoms. The highest BCUT2D eigenvalue weighted by atomic mass is 35.5. The zero-order chi connectivity index (χ0) is 29.4. The quantitative estimate of drug-likeness (QED) is 0.110. The molecule has 0 bridgehead atoms. The lowest BCUT2D eigenvalue weighted by Gasteiger charge is -2.34. The number of hydrogen-bond acceptors (Lipinski definition) is 9. The van der Waals surface area contributed by atoms with Crippen LogP contribution in [0.4, 0.5) is 16.0 Å². The Balaban J connectivity index is 1.77. The first kappa shape index (κ1) is 30.4. The highest BCUT2D eigenvalue weighted by molar-refractivity contribution is 7.98. The number of rotatable bonds is 13. The molecule has 8 nitrogen and oxygen atoms in total. The summed E-state index contributed by atoms with van der Waals surface area (Å²) in [5.74, 6) is 1.57. The fraction of sp³-hybridized carbons (Fsp3) is 0.300. The number of methoxy groups -OCH3 is 2. The van der Waals surface area contributed by atoms with E-state index in [1.165, 1.54) is 11.8 Å². The van der Waals surface area contributed by atoms with Gasteiger partial charge < -0.3 is 24.4 Å². The Bertz CT molecular complexity index is 1380. The minimum atomic E-state index is -0.733. The van der Waals surface area contributed by atoms with Crippen LogP contribution in [0.3, 0.4) is 0 Å². The second kappa shape index (κ2) is 14.3. The number of aliphatic hydroxyl groups is 1. The number of pyridine rings is 1. The molecule has 0 saturated heterocycles. The molecular weight excluding hydrogens is 565 g/mol. The average molecular weight is 598 g/mol. The van der Waals surface area contributed by atoms with Crippen LogP contribution in [-0.4, -0.2) is 53.7 Å². The van der Waals surface area contributed by atoms with Gasteiger partial charge in [-0.15, -0.1) is 0 Å². The van der Waals surface area contributed by atoms with Crippen molar-refractivity contribution < 1.29 is 19.0 Å². The Morgan fingerprint density at radius 3 is 2.02 bits per heavy atom. The fourth-order valence-corrected chi connectivity index (χ4v) is 5.11. The summed E-state index contributed by atoms with van der Waals surface area (Å²) in [7, 11) is 3.28. The molecule has 0 amide bonds. The van der Waals surface area contributed by atoms with Gasteiger partial charge in [0.25, 0.3) is 0 Å². The topological polar surface area (TPSA) is 83.8 Å². The molecule has 0 radical (unpaired) electrons. The van der Waals surface area contributed by atoms with Crippen LogP contribution >= 0.6 is 23.4 Å². The van der Waals surface area contributed by atoms with E-state index < -0.39 is 11.9 Å². The van der Waals surface area contributed by atoms with E-state index in [0.717, 1.165) is 34.0 Å². The van der Waals surface area contributed by atoms with Crippen molar-refractivity contribution in [3.63, 3.8) is 0 Å². The molecule has 1 N–H and O–H groups in total. The second-order valence-corrected chi connectivity index (χ2v) is 10.3. The molecule has 2 aromatic heterocycles. The van der Waals surface area contributed by atoms with Gasteiger partial charge in [0.1, 0.15) is 17.3 Å². The number of nitrogens with zero attached hydrogens (tertiary/aromatic N) is 5. The summed E-state index contributed by atoms with van der Waals surface area (Å²) in [6.45, 7) is 2.96. The summed E-state index contributed by atoms with van der Waals surface area (Å²) < 4.78 is 26.0. The van der Waals surface area contributed by atoms with Crippen molar-refractivity contribution in [1.29, 1.82) is 0 Å². The maximum absolute atomic E-state index is 15.3. The molecule has 0 aliphatic heterocycles. The van der Waals surface area contributed by atoms with Gasteiger partial charge in [0, 0.05) is 31.4 Å². The third kappa shape index (κ3) is 7.38. The van der Waals surface area contributed by atoms with Crippen molar-refractivity contribution in [3.05, 3.63) is 94.5 Å². The molecule has 0 unspecified atom stereocenters. The summed E-state index contributed by atoms with van der Waals surface area (Å²) in [4.78, 5) is 17.1. The standard InChI is InChI=1S/C30H33ClFN5O3S/c1-20(37(16-17-38)29-26(32)27(31)34-30(35-29)41-4)25-6-5-15-33-28(25)36(18-21-7-11-23(39-2)12-8-21)19-22-9-13-24(40-3)14-10-22/h5-15,20,38H,16-19H2,1-4H3/t20-/m1/s1. The first-order chi connectivity index (χ1) is 19.9. The number of hydrogen-bond donors (Lipinski definition) is 1. The normalized spacial score (nSPS) is 11.7. The first-order valence-corrected chi connectivity index (χ1v) is 14.6. The van der Waals surface area contributed by atoms with Gasteiger partial charge in [-0.1, -0.05) is 53.7 Å². The van der Waals surface area contributed by atoms with E-state index in [0.29, 0.717) is 18.2 Å². The van der Waals surface area contributed by atoms with E-state index in [9.17, 15) is 5.11 Å². The van der Waals surface area contributed by atoms with E-state index in [1.807, 2.05) is 67.6 Å². The van der Waals surface area contributed by atoms with Gasteiger partial charge >= 0.3 is 0 Å². The van der Waals surface area contributed by atoms with Gasteiger partial charge in [0.15, 0.2) is 16.1 Å². The number of ether oxygens (including phenoxy) is 2. The highest BCUT2D eigenvalue weighted by Crippen LogP contribution is 2.35. The number of anilines is 2. The van der Waals surface area contributed by atoms with Gasteiger partial charge in [0.2, 0.25) is 5.82 Å². The van der Waals surface area contributed by atoms with Gasteiger partial charge in [-0.3, -0.25) is 0 Å². The number of thioether (sulfide) groups is 1. The summed E-state index contributed by atoms with van der Waals surface area (Å²) in [6.07, 6.45) is 3.54. The van der Waals surface area contributed by atoms with Crippen LogP contribution < -0.4 is 19.3 Å². The van der Waals surface area contributed by atoms with Crippen LogP contribution in [0.2, 0.25) is 5.15 Å². The summed E-state index contributed by atoms with van der Waals surface area (Å²) in [6, 6.07) is 19.2. The molecule has 0 aliphatic rings. The van der Waals surface area contributed by atoms with Gasteiger partial charge in [-0.2, -0.15) is 4.39 Å². The summed E-state index contributed by atoms with van der Waals surface area (Å²) in [5, 5.41) is 10.0. The molecule has 0 fully saturated rings. The lowest BCUT2D eigenvalue weighted by atomic mass is 10.1. The van der Waals surface area contributed by atoms with Crippen molar-refractivity contribution in [3.8, 4) is 11.5 Å². The molecular formula is C30H33ClFN5O3S. The maximum Gasteiger partial charge on any atom is 0.202 e. The van der Waals surface area contributed by atoms with Crippen LogP contribution in [-0.2, 0) is 13.1 Å². The van der Waals surface area contributed by atoms with E-state index in [2.05, 4.69) is 14.9 Å². The van der Waals surface area contributed by atoms with E-state index in [-0.39, 0.29) is 24.1 Å². The number of aliphatic hydroxyl groups excluding tert-OH is 1. The molecule has 1 atom stereocenters. The largest absolute Gasteiger partial charge is 0.497 e. The molecule has 2 heterocycles. The summed E-state index contributed by atoms with van der Waals surface area (Å²) >= 11 is 7.39. The second-order valence-electron chi connectivity index (χ2n) is 9.20. The maximum atomic E-state index is 15.3. The number of halogens is 2. The smallest absolute Gasteiger partial charge is 0.202 e. The fourth-order valence-electron chi connectivity index (χ4n) is 4.54. The van der Waals surface area contributed by atoms with Crippen LogP contribution in [0.25, 0.3) is 0 Å². The van der Waals surface area contributed by atoms with Crippen LogP contribution in [0.15, 0.2) is 72.0 Å². The molecule has 0 spiro atoms. The van der Waals surface area contributed by atoms with Crippen molar-refractivity contribution in [1.82, 2.24) is 15.0 Å². The number of benzene rings is 2. The van der Waals surface area contributed by atoms with E-state index in [4.69, 9.17) is 26.1 Å². The highest BCUT2D eigenvalue weighted by Gasteiger charge is 2.27. The molecule has 0 saturated carbocycles. The molecule has 216 valence electrons. The predicted octanol–water partition coefficient (Wildman–Crippen LogP) is 6.17. The zero-order valence-corrected chi connectivity index (χ0v) is 25.0. The van der Waals surface area contributed by atoms with E-state index >= 15 is 4.39 Å². The number of aromatic nitrogens is 3. The van der Waals surface area contributed by atoms with E-state index in [1.54, 1.807) is 31.6 Å². The van der Waals surface area contributed by atoms with Crippen molar-refractivity contribution in [2.24, 2.45) is 0 Å². The van der Waals surface area contributed by atoms with Gasteiger partial charge in [-0.25, -0.2) is 15.0 Å². The van der Waals surface area contributed by atoms with Gasteiger partial charge in [0.05, 0.1) is 26.9 Å². The minimum absolute atomic E-state index is 0.0301. The van der Waals surface area contributed by atoms with Crippen LogP contribution in [0.1, 0.15) is 29.7 Å². The first-order valence-electron chi connectivity index (χ1n) is 13.0. The molecule has 4 aromatic rings. The lowest BCUT2D eigenvalue weighted by molar-refractivity contribution is 0.297. The molecule has 11 heteroatoms. The van der Waals surface area contributed by atoms with Gasteiger partial charge in [-0.05, 0) is 54.6 Å². The average Bonchev–Trinajstić information content (AvgIpc) is 3.01. The minimum Gasteiger partial charge on any atom is -0.497 e. The van der Waals surface area contributed by atoms with Crippen LogP contribution in [0, 0.1) is 5.82 Å². The Labute approximate surface area is 249 Å². The Morgan fingerprint density at radius 2 is 1.51 bits per heavy atom. The Kier molecular flexibility index (Phi) is 10.6. The van der Waals surface area contributed by atoms with Crippen LogP contribution in [0.5, 0.6) is 11.5 Å². The lowest BCUT2D eigenvalue weighted by Crippen LogP contribution is -2.33. The third-order valence-electron chi connectivity index (χ3n) is 6.67. The SMILES string of the molecule is COc1ccc(CN(Cc2ccc(OC)cc2)c2ncccc2[C@@H](C)N(CCO)c2nc(SC)nc(Cl)c2F)cc1. The Hall–Kier alpha value is -3.60. The summed E-state index contributed by atoms with van der Waals surface area (Å²) in [5.41, 5.74) is 2.96. The molecule has 2 aromatic carbocycles. The van der Waals surface area contributed by atoms with Crippen molar-refractivity contribution in [2.45, 2.75) is 31.2 Å². The van der Waals surface area contributed by atoms with Crippen molar-refractivity contribution in [2.75, 3.05) is 43.4 Å². The third-order valence-corrected chi connectivity index (χ3v) is 7.47. The molecule has 0 aliphatic carbocycles. The molecule has 4 rings (SSSR count).